The van der Waals surface area contributed by atoms with Crippen LogP contribution in [0.15, 0.2) is 28.8 Å². The van der Waals surface area contributed by atoms with Gasteiger partial charge in [0.15, 0.2) is 0 Å². The molecule has 1 aliphatic rings. The number of methoxy groups -OCH3 is 1. The summed E-state index contributed by atoms with van der Waals surface area (Å²) in [4.78, 5) is 4.52. The molecule has 3 rings (SSSR count). The smallest absolute Gasteiger partial charge is 0.231 e. The van der Waals surface area contributed by atoms with Crippen LogP contribution in [0, 0.1) is 0 Å². The molecule has 1 aromatic carbocycles. The Hall–Kier alpha value is -1.88. The molecule has 106 valence electrons. The van der Waals surface area contributed by atoms with Crippen LogP contribution in [-0.2, 0) is 0 Å². The van der Waals surface area contributed by atoms with E-state index in [-0.39, 0.29) is 12.0 Å². The highest BCUT2D eigenvalue weighted by atomic mass is 16.5. The number of ether oxygens (including phenoxy) is 1. The van der Waals surface area contributed by atoms with Crippen LogP contribution in [0.4, 0.5) is 0 Å². The predicted molar refractivity (Wildman–Crippen MR) is 75.5 cm³/mol. The van der Waals surface area contributed by atoms with Crippen LogP contribution in [0.2, 0.25) is 0 Å². The van der Waals surface area contributed by atoms with Gasteiger partial charge in [-0.15, -0.1) is 0 Å². The third kappa shape index (κ3) is 2.54. The van der Waals surface area contributed by atoms with Crippen molar-refractivity contribution in [3.8, 4) is 17.1 Å². The molecule has 0 spiro atoms. The highest BCUT2D eigenvalue weighted by molar-refractivity contribution is 5.56. The molecule has 1 fully saturated rings. The Morgan fingerprint density at radius 1 is 1.30 bits per heavy atom. The van der Waals surface area contributed by atoms with Gasteiger partial charge in [0.2, 0.25) is 11.7 Å². The van der Waals surface area contributed by atoms with Crippen molar-refractivity contribution in [2.24, 2.45) is 5.73 Å². The summed E-state index contributed by atoms with van der Waals surface area (Å²) in [5.41, 5.74) is 7.05. The van der Waals surface area contributed by atoms with E-state index < -0.39 is 0 Å². The zero-order valence-corrected chi connectivity index (χ0v) is 11.6. The maximum absolute atomic E-state index is 6.16. The molecule has 1 aliphatic carbocycles. The number of benzene rings is 1. The Morgan fingerprint density at radius 3 is 2.95 bits per heavy atom. The van der Waals surface area contributed by atoms with Gasteiger partial charge in [0.05, 0.1) is 13.0 Å². The van der Waals surface area contributed by atoms with Crippen LogP contribution >= 0.6 is 0 Å². The molecule has 1 aromatic heterocycles. The zero-order valence-electron chi connectivity index (χ0n) is 11.6. The lowest BCUT2D eigenvalue weighted by Crippen LogP contribution is -2.31. The molecular formula is C15H19N3O2. The summed E-state index contributed by atoms with van der Waals surface area (Å²) < 4.78 is 10.6. The fraction of sp³-hybridized carbons (Fsp3) is 0.467. The second kappa shape index (κ2) is 5.63. The van der Waals surface area contributed by atoms with E-state index >= 15 is 0 Å². The molecule has 2 aromatic rings. The van der Waals surface area contributed by atoms with Crippen molar-refractivity contribution >= 4 is 0 Å². The van der Waals surface area contributed by atoms with Crippen LogP contribution in [0.3, 0.4) is 0 Å². The van der Waals surface area contributed by atoms with Gasteiger partial charge in [0, 0.05) is 11.6 Å². The van der Waals surface area contributed by atoms with Gasteiger partial charge in [-0.05, 0) is 25.0 Å². The number of nitrogens with zero attached hydrogens (tertiary/aromatic N) is 2. The Kier molecular flexibility index (Phi) is 3.69. The standard InChI is InChI=1S/C15H19N3O2/c1-19-11-6-4-5-10(9-11)14-17-15(20-18-14)12-7-2-3-8-13(12)16/h4-6,9,12-13H,2-3,7-8,16H2,1H3. The lowest BCUT2D eigenvalue weighted by molar-refractivity contribution is 0.290. The van der Waals surface area contributed by atoms with Crippen LogP contribution in [0.25, 0.3) is 11.4 Å². The van der Waals surface area contributed by atoms with Crippen molar-refractivity contribution in [2.75, 3.05) is 7.11 Å². The fourth-order valence-electron chi connectivity index (χ4n) is 2.73. The molecule has 20 heavy (non-hydrogen) atoms. The highest BCUT2D eigenvalue weighted by Gasteiger charge is 2.28. The lowest BCUT2D eigenvalue weighted by Gasteiger charge is -2.25. The first-order chi connectivity index (χ1) is 9.78. The minimum atomic E-state index is 0.127. The van der Waals surface area contributed by atoms with Crippen LogP contribution in [0.5, 0.6) is 5.75 Å². The Labute approximate surface area is 118 Å². The molecule has 0 saturated heterocycles. The summed E-state index contributed by atoms with van der Waals surface area (Å²) in [6.45, 7) is 0. The zero-order chi connectivity index (χ0) is 13.9. The molecule has 0 amide bonds. The molecule has 2 N–H and O–H groups in total. The van der Waals surface area contributed by atoms with E-state index in [1.807, 2.05) is 24.3 Å². The molecule has 5 heteroatoms. The first kappa shape index (κ1) is 13.1. The number of hydrogen-bond acceptors (Lipinski definition) is 5. The Balaban J connectivity index is 1.85. The molecule has 1 saturated carbocycles. The summed E-state index contributed by atoms with van der Waals surface area (Å²) in [6, 6.07) is 7.77. The van der Waals surface area contributed by atoms with Crippen molar-refractivity contribution in [1.29, 1.82) is 0 Å². The molecule has 0 bridgehead atoms. The number of rotatable bonds is 3. The second-order valence-electron chi connectivity index (χ2n) is 5.24. The van der Waals surface area contributed by atoms with Crippen molar-refractivity contribution in [3.63, 3.8) is 0 Å². The van der Waals surface area contributed by atoms with E-state index in [9.17, 15) is 0 Å². The minimum Gasteiger partial charge on any atom is -0.497 e. The number of aromatic nitrogens is 2. The summed E-state index contributed by atoms with van der Waals surface area (Å²) in [5, 5.41) is 4.07. The largest absolute Gasteiger partial charge is 0.497 e. The third-order valence-electron chi connectivity index (χ3n) is 3.91. The second-order valence-corrected chi connectivity index (χ2v) is 5.24. The summed E-state index contributed by atoms with van der Waals surface area (Å²) >= 11 is 0. The fourth-order valence-corrected chi connectivity index (χ4v) is 2.73. The summed E-state index contributed by atoms with van der Waals surface area (Å²) in [5.74, 6) is 2.23. The minimum absolute atomic E-state index is 0.127. The van der Waals surface area contributed by atoms with Gasteiger partial charge in [-0.3, -0.25) is 0 Å². The van der Waals surface area contributed by atoms with Crippen molar-refractivity contribution in [1.82, 2.24) is 10.1 Å². The van der Waals surface area contributed by atoms with Crippen molar-refractivity contribution < 1.29 is 9.26 Å². The highest BCUT2D eigenvalue weighted by Crippen LogP contribution is 2.32. The molecule has 0 radical (unpaired) electrons. The van der Waals surface area contributed by atoms with Gasteiger partial charge >= 0.3 is 0 Å². The molecular weight excluding hydrogens is 254 g/mol. The maximum Gasteiger partial charge on any atom is 0.231 e. The van der Waals surface area contributed by atoms with E-state index in [2.05, 4.69) is 10.1 Å². The topological polar surface area (TPSA) is 74.2 Å². The predicted octanol–water partition coefficient (Wildman–Crippen LogP) is 2.73. The van der Waals surface area contributed by atoms with E-state index in [1.54, 1.807) is 7.11 Å². The Morgan fingerprint density at radius 2 is 2.15 bits per heavy atom. The van der Waals surface area contributed by atoms with Crippen molar-refractivity contribution in [2.45, 2.75) is 37.6 Å². The van der Waals surface area contributed by atoms with Crippen molar-refractivity contribution in [3.05, 3.63) is 30.2 Å². The average molecular weight is 273 g/mol. The SMILES string of the molecule is COc1cccc(-c2noc(C3CCCCC3N)n2)c1. The van der Waals surface area contributed by atoms with E-state index in [4.69, 9.17) is 15.0 Å². The van der Waals surface area contributed by atoms with Gasteiger partial charge < -0.3 is 15.0 Å². The van der Waals surface area contributed by atoms with Crippen LogP contribution in [-0.4, -0.2) is 23.3 Å². The van der Waals surface area contributed by atoms with Gasteiger partial charge in [-0.2, -0.15) is 4.98 Å². The quantitative estimate of drug-likeness (QED) is 0.930. The molecule has 0 aliphatic heterocycles. The average Bonchev–Trinajstić information content (AvgIpc) is 2.97. The normalized spacial score (nSPS) is 22.7. The van der Waals surface area contributed by atoms with E-state index in [1.165, 1.54) is 12.8 Å². The van der Waals surface area contributed by atoms with Gasteiger partial charge in [-0.1, -0.05) is 30.1 Å². The summed E-state index contributed by atoms with van der Waals surface area (Å²) in [7, 11) is 1.64. The molecule has 5 nitrogen and oxygen atoms in total. The van der Waals surface area contributed by atoms with Gasteiger partial charge in [-0.25, -0.2) is 0 Å². The van der Waals surface area contributed by atoms with E-state index in [0.29, 0.717) is 11.7 Å². The monoisotopic (exact) mass is 273 g/mol. The number of hydrogen-bond donors (Lipinski definition) is 1. The third-order valence-corrected chi connectivity index (χ3v) is 3.91. The molecule has 1 heterocycles. The van der Waals surface area contributed by atoms with Crippen LogP contribution in [0.1, 0.15) is 37.5 Å². The lowest BCUT2D eigenvalue weighted by atomic mass is 9.85. The Bertz CT molecular complexity index is 582. The first-order valence-corrected chi connectivity index (χ1v) is 7.01. The van der Waals surface area contributed by atoms with Gasteiger partial charge in [0.25, 0.3) is 0 Å². The maximum atomic E-state index is 6.16. The van der Waals surface area contributed by atoms with Crippen LogP contribution < -0.4 is 10.5 Å². The first-order valence-electron chi connectivity index (χ1n) is 7.01. The number of nitrogens with two attached hydrogens (primary N) is 1. The molecule has 2 unspecified atom stereocenters. The van der Waals surface area contributed by atoms with E-state index in [0.717, 1.165) is 24.2 Å². The molecule has 2 atom stereocenters. The summed E-state index contributed by atoms with van der Waals surface area (Å²) in [6.07, 6.45) is 4.42. The van der Waals surface area contributed by atoms with Gasteiger partial charge in [0.1, 0.15) is 5.75 Å².